The topological polar surface area (TPSA) is 35.2 Å². The summed E-state index contributed by atoms with van der Waals surface area (Å²) >= 11 is 7.07. The molecule has 0 bridgehead atoms. The molecule has 1 aromatic rings. The van der Waals surface area contributed by atoms with E-state index in [9.17, 15) is 0 Å². The molecule has 2 N–H and O–H groups in total. The van der Waals surface area contributed by atoms with Gasteiger partial charge in [-0.25, -0.2) is 0 Å². The van der Waals surface area contributed by atoms with E-state index in [-0.39, 0.29) is 6.04 Å². The molecule has 0 radical (unpaired) electrons. The van der Waals surface area contributed by atoms with Gasteiger partial charge in [0.15, 0.2) is 0 Å². The van der Waals surface area contributed by atoms with Gasteiger partial charge in [-0.15, -0.1) is 0 Å². The molecule has 2 nitrogen and oxygen atoms in total. The van der Waals surface area contributed by atoms with Crippen molar-refractivity contribution in [2.24, 2.45) is 5.73 Å². The van der Waals surface area contributed by atoms with Crippen LogP contribution in [0.25, 0.3) is 0 Å². The average Bonchev–Trinajstić information content (AvgIpc) is 2.27. The van der Waals surface area contributed by atoms with E-state index in [1.807, 2.05) is 6.92 Å². The fraction of sp³-hybridized carbons (Fsp3) is 0.429. The molecule has 100 valence electrons. The van der Waals surface area contributed by atoms with E-state index in [2.05, 4.69) is 57.5 Å². The Bertz CT molecular complexity index is 409. The Morgan fingerprint density at radius 2 is 1.94 bits per heavy atom. The highest BCUT2D eigenvalue weighted by Gasteiger charge is 2.10. The Labute approximate surface area is 126 Å². The van der Waals surface area contributed by atoms with Crippen molar-refractivity contribution in [1.29, 1.82) is 0 Å². The third-order valence-electron chi connectivity index (χ3n) is 2.54. The lowest BCUT2D eigenvalue weighted by molar-refractivity contribution is 0.348. The molecule has 0 spiro atoms. The first-order valence-corrected chi connectivity index (χ1v) is 7.53. The molecule has 1 atom stereocenters. The van der Waals surface area contributed by atoms with Crippen LogP contribution in [0, 0.1) is 0 Å². The minimum Gasteiger partial charge on any atom is -0.487 e. The predicted octanol–water partition coefficient (Wildman–Crippen LogP) is 4.45. The molecule has 1 unspecified atom stereocenters. The maximum absolute atomic E-state index is 5.97. The minimum atomic E-state index is 0.200. The van der Waals surface area contributed by atoms with Crippen molar-refractivity contribution in [3.8, 4) is 5.75 Å². The van der Waals surface area contributed by atoms with Gasteiger partial charge in [-0.1, -0.05) is 13.5 Å². The molecule has 0 heterocycles. The lowest BCUT2D eigenvalue weighted by atomic mass is 10.0. The monoisotopic (exact) mass is 375 g/mol. The van der Waals surface area contributed by atoms with E-state index >= 15 is 0 Å². The molecule has 4 heteroatoms. The second-order valence-corrected chi connectivity index (χ2v) is 6.22. The van der Waals surface area contributed by atoms with E-state index < -0.39 is 0 Å². The van der Waals surface area contributed by atoms with Crippen molar-refractivity contribution in [3.63, 3.8) is 0 Å². The fourth-order valence-corrected chi connectivity index (χ4v) is 3.02. The van der Waals surface area contributed by atoms with Crippen molar-refractivity contribution in [1.82, 2.24) is 0 Å². The molecule has 0 saturated carbocycles. The summed E-state index contributed by atoms with van der Waals surface area (Å²) in [6.07, 6.45) is 1.84. The predicted molar refractivity (Wildman–Crippen MR) is 84.1 cm³/mol. The molecule has 0 fully saturated rings. The minimum absolute atomic E-state index is 0.200. The number of ether oxygens (including phenoxy) is 1. The maximum Gasteiger partial charge on any atom is 0.148 e. The molecule has 0 aliphatic rings. The number of hydrogen-bond donors (Lipinski definition) is 1. The molecule has 0 amide bonds. The second-order valence-electron chi connectivity index (χ2n) is 4.51. The third kappa shape index (κ3) is 4.75. The van der Waals surface area contributed by atoms with E-state index in [4.69, 9.17) is 10.5 Å². The molecule has 0 aromatic heterocycles. The third-order valence-corrected chi connectivity index (χ3v) is 3.72. The molecular weight excluding hydrogens is 358 g/mol. The van der Waals surface area contributed by atoms with E-state index in [0.29, 0.717) is 6.61 Å². The van der Waals surface area contributed by atoms with Gasteiger partial charge >= 0.3 is 0 Å². The first-order chi connectivity index (χ1) is 8.43. The van der Waals surface area contributed by atoms with Crippen LogP contribution >= 0.6 is 31.9 Å². The number of halogens is 2. The molecular formula is C14H19Br2NO. The first-order valence-electron chi connectivity index (χ1n) is 5.94. The van der Waals surface area contributed by atoms with Crippen molar-refractivity contribution in [2.45, 2.75) is 32.7 Å². The SMILES string of the molecule is C=C(C)COc1c(Br)cc(CC(N)CC)cc1Br. The van der Waals surface area contributed by atoms with Crippen LogP contribution in [0.3, 0.4) is 0 Å². The number of benzene rings is 1. The quantitative estimate of drug-likeness (QED) is 0.744. The zero-order valence-corrected chi connectivity index (χ0v) is 14.0. The van der Waals surface area contributed by atoms with Crippen LogP contribution in [0.15, 0.2) is 33.2 Å². The lowest BCUT2D eigenvalue weighted by Gasteiger charge is -2.14. The highest BCUT2D eigenvalue weighted by atomic mass is 79.9. The highest BCUT2D eigenvalue weighted by Crippen LogP contribution is 2.35. The summed E-state index contributed by atoms with van der Waals surface area (Å²) in [7, 11) is 0. The van der Waals surface area contributed by atoms with Gasteiger partial charge in [0.05, 0.1) is 8.95 Å². The highest BCUT2D eigenvalue weighted by molar-refractivity contribution is 9.11. The summed E-state index contributed by atoms with van der Waals surface area (Å²) in [5.74, 6) is 0.812. The molecule has 0 aliphatic heterocycles. The molecule has 1 rings (SSSR count). The molecule has 0 saturated heterocycles. The largest absolute Gasteiger partial charge is 0.487 e. The first kappa shape index (κ1) is 15.7. The second kappa shape index (κ2) is 7.31. The normalized spacial score (nSPS) is 12.3. The average molecular weight is 377 g/mol. The molecule has 0 aliphatic carbocycles. The van der Waals surface area contributed by atoms with Gasteiger partial charge in [-0.05, 0) is 74.9 Å². The summed E-state index contributed by atoms with van der Waals surface area (Å²) in [4.78, 5) is 0. The zero-order chi connectivity index (χ0) is 13.7. The molecule has 18 heavy (non-hydrogen) atoms. The summed E-state index contributed by atoms with van der Waals surface area (Å²) in [6, 6.07) is 4.33. The number of hydrogen-bond acceptors (Lipinski definition) is 2. The molecule has 1 aromatic carbocycles. The van der Waals surface area contributed by atoms with Gasteiger partial charge in [0.25, 0.3) is 0 Å². The van der Waals surface area contributed by atoms with Crippen LogP contribution in [0.4, 0.5) is 0 Å². The fourth-order valence-electron chi connectivity index (χ4n) is 1.51. The lowest BCUT2D eigenvalue weighted by Crippen LogP contribution is -2.21. The van der Waals surface area contributed by atoms with Crippen LogP contribution in [0.2, 0.25) is 0 Å². The van der Waals surface area contributed by atoms with Crippen LogP contribution in [-0.4, -0.2) is 12.6 Å². The van der Waals surface area contributed by atoms with Gasteiger partial charge in [-0.2, -0.15) is 0 Å². The van der Waals surface area contributed by atoms with Crippen molar-refractivity contribution in [2.75, 3.05) is 6.61 Å². The standard InChI is InChI=1S/C14H19Br2NO/c1-4-11(17)5-10-6-12(15)14(13(16)7-10)18-8-9(2)3/h6-7,11H,2,4-5,8,17H2,1,3H3. The van der Waals surface area contributed by atoms with E-state index in [1.165, 1.54) is 5.56 Å². The van der Waals surface area contributed by atoms with Gasteiger partial charge in [-0.3, -0.25) is 0 Å². The van der Waals surface area contributed by atoms with Gasteiger partial charge in [0.1, 0.15) is 12.4 Å². The maximum atomic E-state index is 5.97. The Morgan fingerprint density at radius 3 is 2.39 bits per heavy atom. The van der Waals surface area contributed by atoms with Crippen LogP contribution < -0.4 is 10.5 Å². The summed E-state index contributed by atoms with van der Waals surface area (Å²) < 4.78 is 7.57. The van der Waals surface area contributed by atoms with Crippen molar-refractivity contribution >= 4 is 31.9 Å². The Hall–Kier alpha value is -0.320. The summed E-state index contributed by atoms with van der Waals surface area (Å²) in [5.41, 5.74) is 8.16. The van der Waals surface area contributed by atoms with Gasteiger partial charge in [0.2, 0.25) is 0 Å². The van der Waals surface area contributed by atoms with E-state index in [0.717, 1.165) is 33.1 Å². The number of rotatable bonds is 6. The van der Waals surface area contributed by atoms with Crippen LogP contribution in [0.5, 0.6) is 5.75 Å². The summed E-state index contributed by atoms with van der Waals surface area (Å²) in [6.45, 7) is 8.38. The van der Waals surface area contributed by atoms with Gasteiger partial charge < -0.3 is 10.5 Å². The van der Waals surface area contributed by atoms with Gasteiger partial charge in [0, 0.05) is 6.04 Å². The van der Waals surface area contributed by atoms with E-state index in [1.54, 1.807) is 0 Å². The van der Waals surface area contributed by atoms with Crippen molar-refractivity contribution in [3.05, 3.63) is 38.8 Å². The number of nitrogens with two attached hydrogens (primary N) is 1. The van der Waals surface area contributed by atoms with Crippen LogP contribution in [-0.2, 0) is 6.42 Å². The zero-order valence-electron chi connectivity index (χ0n) is 10.8. The summed E-state index contributed by atoms with van der Waals surface area (Å²) in [5, 5.41) is 0. The smallest absolute Gasteiger partial charge is 0.148 e. The Balaban J connectivity index is 2.86. The van der Waals surface area contributed by atoms with Crippen LogP contribution in [0.1, 0.15) is 25.8 Å². The van der Waals surface area contributed by atoms with Crippen molar-refractivity contribution < 1.29 is 4.74 Å². The Morgan fingerprint density at radius 1 is 1.39 bits per heavy atom. The Kier molecular flexibility index (Phi) is 6.39.